The van der Waals surface area contributed by atoms with E-state index >= 15 is 0 Å². The van der Waals surface area contributed by atoms with Crippen LogP contribution in [0.15, 0.2) is 35.5 Å². The lowest BCUT2D eigenvalue weighted by Gasteiger charge is -1.97. The number of carbonyl (C=O) groups is 1. The fourth-order valence-electron chi connectivity index (χ4n) is 0.819. The van der Waals surface area contributed by atoms with Gasteiger partial charge >= 0.3 is 5.97 Å². The Bertz CT molecular complexity index is 308. The van der Waals surface area contributed by atoms with Gasteiger partial charge < -0.3 is 9.57 Å². The summed E-state index contributed by atoms with van der Waals surface area (Å²) in [5.74, 6) is -0.530. The van der Waals surface area contributed by atoms with Crippen molar-refractivity contribution in [2.75, 3.05) is 7.11 Å². The van der Waals surface area contributed by atoms with Gasteiger partial charge in [-0.15, -0.1) is 0 Å². The zero-order valence-corrected chi connectivity index (χ0v) is 7.84. The highest BCUT2D eigenvalue weighted by Crippen LogP contribution is 1.99. The second-order valence-electron chi connectivity index (χ2n) is 2.52. The fourth-order valence-corrected chi connectivity index (χ4v) is 0.819. The van der Waals surface area contributed by atoms with E-state index in [0.29, 0.717) is 6.61 Å². The Hall–Kier alpha value is -1.84. The van der Waals surface area contributed by atoms with E-state index in [-0.39, 0.29) is 0 Å². The van der Waals surface area contributed by atoms with Crippen LogP contribution in [-0.2, 0) is 21.0 Å². The molecule has 0 saturated carbocycles. The third-order valence-corrected chi connectivity index (χ3v) is 1.51. The standard InChI is InChI=1S/C10H11NO3/c1-13-10(12)7-11-14-8-9-5-3-2-4-6-9/h2-7H,8H2,1H3. The van der Waals surface area contributed by atoms with Gasteiger partial charge in [0, 0.05) is 0 Å². The molecule has 0 spiro atoms. The van der Waals surface area contributed by atoms with E-state index in [9.17, 15) is 4.79 Å². The first-order valence-electron chi connectivity index (χ1n) is 4.10. The van der Waals surface area contributed by atoms with Crippen molar-refractivity contribution in [3.63, 3.8) is 0 Å². The van der Waals surface area contributed by atoms with Crippen LogP contribution in [-0.4, -0.2) is 19.3 Å². The second-order valence-corrected chi connectivity index (χ2v) is 2.52. The van der Waals surface area contributed by atoms with E-state index in [4.69, 9.17) is 4.84 Å². The zero-order valence-electron chi connectivity index (χ0n) is 7.84. The molecule has 0 fully saturated rings. The van der Waals surface area contributed by atoms with E-state index in [1.54, 1.807) is 0 Å². The quantitative estimate of drug-likeness (QED) is 0.412. The molecule has 0 radical (unpaired) electrons. The number of rotatable bonds is 4. The number of ether oxygens (including phenoxy) is 1. The number of oxime groups is 1. The van der Waals surface area contributed by atoms with Crippen LogP contribution in [0.1, 0.15) is 5.56 Å². The van der Waals surface area contributed by atoms with Gasteiger partial charge in [-0.2, -0.15) is 0 Å². The van der Waals surface area contributed by atoms with Crippen molar-refractivity contribution in [2.45, 2.75) is 6.61 Å². The maximum Gasteiger partial charge on any atom is 0.352 e. The Morgan fingerprint density at radius 1 is 1.43 bits per heavy atom. The molecule has 0 N–H and O–H groups in total. The van der Waals surface area contributed by atoms with Crippen LogP contribution in [0.2, 0.25) is 0 Å². The molecule has 0 bridgehead atoms. The van der Waals surface area contributed by atoms with Gasteiger partial charge in [0.1, 0.15) is 6.61 Å². The van der Waals surface area contributed by atoms with Gasteiger partial charge in [0.15, 0.2) is 6.21 Å². The van der Waals surface area contributed by atoms with Crippen molar-refractivity contribution < 1.29 is 14.4 Å². The molecule has 1 aromatic rings. The topological polar surface area (TPSA) is 47.9 Å². The van der Waals surface area contributed by atoms with Gasteiger partial charge in [-0.1, -0.05) is 35.5 Å². The average Bonchev–Trinajstić information content (AvgIpc) is 2.25. The molecule has 0 aliphatic carbocycles. The van der Waals surface area contributed by atoms with Crippen LogP contribution in [0.4, 0.5) is 0 Å². The number of benzene rings is 1. The van der Waals surface area contributed by atoms with Gasteiger partial charge in [0.05, 0.1) is 7.11 Å². The molecule has 4 heteroatoms. The number of hydrogen-bond acceptors (Lipinski definition) is 4. The Kier molecular flexibility index (Phi) is 4.20. The Balaban J connectivity index is 2.29. The summed E-state index contributed by atoms with van der Waals surface area (Å²) in [4.78, 5) is 15.4. The molecular weight excluding hydrogens is 182 g/mol. The highest BCUT2D eigenvalue weighted by molar-refractivity contribution is 6.22. The molecule has 74 valence electrons. The van der Waals surface area contributed by atoms with Gasteiger partial charge in [-0.3, -0.25) is 0 Å². The molecule has 0 aliphatic rings. The average molecular weight is 193 g/mol. The minimum atomic E-state index is -0.530. The molecule has 1 rings (SSSR count). The lowest BCUT2D eigenvalue weighted by molar-refractivity contribution is -0.132. The minimum absolute atomic E-state index is 0.342. The molecular formula is C10H11NO3. The van der Waals surface area contributed by atoms with Crippen molar-refractivity contribution in [2.24, 2.45) is 5.16 Å². The number of nitrogens with zero attached hydrogens (tertiary/aromatic N) is 1. The normalized spacial score (nSPS) is 10.1. The molecule has 0 heterocycles. The fraction of sp³-hybridized carbons (Fsp3) is 0.200. The van der Waals surface area contributed by atoms with Crippen molar-refractivity contribution >= 4 is 12.2 Å². The van der Waals surface area contributed by atoms with Crippen molar-refractivity contribution in [1.82, 2.24) is 0 Å². The van der Waals surface area contributed by atoms with E-state index in [2.05, 4.69) is 9.89 Å². The summed E-state index contributed by atoms with van der Waals surface area (Å²) in [6, 6.07) is 9.55. The highest BCUT2D eigenvalue weighted by Gasteiger charge is 1.92. The summed E-state index contributed by atoms with van der Waals surface area (Å²) in [7, 11) is 1.28. The van der Waals surface area contributed by atoms with Crippen molar-refractivity contribution in [3.05, 3.63) is 35.9 Å². The maximum atomic E-state index is 10.6. The molecule has 0 unspecified atom stereocenters. The third kappa shape index (κ3) is 3.71. The monoisotopic (exact) mass is 193 g/mol. The third-order valence-electron chi connectivity index (χ3n) is 1.51. The Morgan fingerprint density at radius 2 is 2.14 bits per heavy atom. The molecule has 4 nitrogen and oxygen atoms in total. The molecule has 0 saturated heterocycles. The van der Waals surface area contributed by atoms with Gasteiger partial charge in [-0.25, -0.2) is 4.79 Å². The minimum Gasteiger partial charge on any atom is -0.465 e. The number of esters is 1. The lowest BCUT2D eigenvalue weighted by Crippen LogP contribution is -2.01. The molecule has 0 aromatic heterocycles. The first-order valence-corrected chi connectivity index (χ1v) is 4.10. The van der Waals surface area contributed by atoms with Crippen LogP contribution in [0.5, 0.6) is 0 Å². The van der Waals surface area contributed by atoms with E-state index in [1.165, 1.54) is 7.11 Å². The predicted octanol–water partition coefficient (Wildman–Crippen LogP) is 1.36. The molecule has 1 aromatic carbocycles. The Labute approximate surface area is 82.1 Å². The van der Waals surface area contributed by atoms with Crippen LogP contribution in [0, 0.1) is 0 Å². The van der Waals surface area contributed by atoms with Crippen LogP contribution >= 0.6 is 0 Å². The number of methoxy groups -OCH3 is 1. The smallest absolute Gasteiger partial charge is 0.352 e. The van der Waals surface area contributed by atoms with Crippen LogP contribution in [0.25, 0.3) is 0 Å². The summed E-state index contributed by atoms with van der Waals surface area (Å²) in [6.07, 6.45) is 0.989. The second kappa shape index (κ2) is 5.75. The summed E-state index contributed by atoms with van der Waals surface area (Å²) >= 11 is 0. The summed E-state index contributed by atoms with van der Waals surface area (Å²) in [5, 5.41) is 3.44. The van der Waals surface area contributed by atoms with Crippen molar-refractivity contribution in [1.29, 1.82) is 0 Å². The lowest BCUT2D eigenvalue weighted by atomic mass is 10.2. The van der Waals surface area contributed by atoms with Crippen LogP contribution < -0.4 is 0 Å². The van der Waals surface area contributed by atoms with Gasteiger partial charge in [0.2, 0.25) is 0 Å². The SMILES string of the molecule is COC(=O)C=NOCc1ccccc1. The summed E-state index contributed by atoms with van der Waals surface area (Å²) < 4.78 is 4.33. The van der Waals surface area contributed by atoms with E-state index in [1.807, 2.05) is 30.3 Å². The highest BCUT2D eigenvalue weighted by atomic mass is 16.6. The molecule has 0 aliphatic heterocycles. The van der Waals surface area contributed by atoms with Gasteiger partial charge in [-0.05, 0) is 5.56 Å². The zero-order chi connectivity index (χ0) is 10.2. The molecule has 0 amide bonds. The van der Waals surface area contributed by atoms with E-state index < -0.39 is 5.97 Å². The maximum absolute atomic E-state index is 10.6. The first kappa shape index (κ1) is 10.2. The number of hydrogen-bond donors (Lipinski definition) is 0. The summed E-state index contributed by atoms with van der Waals surface area (Å²) in [5.41, 5.74) is 0.995. The first-order chi connectivity index (χ1) is 6.83. The predicted molar refractivity (Wildman–Crippen MR) is 51.7 cm³/mol. The molecule has 0 atom stereocenters. The largest absolute Gasteiger partial charge is 0.465 e. The van der Waals surface area contributed by atoms with E-state index in [0.717, 1.165) is 11.8 Å². The van der Waals surface area contributed by atoms with Gasteiger partial charge in [0.25, 0.3) is 0 Å². The number of carbonyl (C=O) groups excluding carboxylic acids is 1. The molecule has 14 heavy (non-hydrogen) atoms. The van der Waals surface area contributed by atoms with Crippen LogP contribution in [0.3, 0.4) is 0 Å². The summed E-state index contributed by atoms with van der Waals surface area (Å²) in [6.45, 7) is 0.342. The Morgan fingerprint density at radius 3 is 2.79 bits per heavy atom. The van der Waals surface area contributed by atoms with Crippen molar-refractivity contribution in [3.8, 4) is 0 Å².